The van der Waals surface area contributed by atoms with Crippen LogP contribution in [-0.4, -0.2) is 22.0 Å². The average Bonchev–Trinajstić information content (AvgIpc) is 3.14. The van der Waals surface area contributed by atoms with Crippen LogP contribution in [0.15, 0.2) is 70.4 Å². The summed E-state index contributed by atoms with van der Waals surface area (Å²) in [6.07, 6.45) is 3.76. The van der Waals surface area contributed by atoms with E-state index in [0.717, 1.165) is 21.7 Å². The molecule has 0 spiro atoms. The molecule has 0 radical (unpaired) electrons. The van der Waals surface area contributed by atoms with Crippen LogP contribution in [0.2, 0.25) is 0 Å². The highest BCUT2D eigenvalue weighted by Crippen LogP contribution is 2.23. The standard InChI is InChI=1S/C19H18N2OS2/c1-23-18-8-3-2-7-17(18)19(22)21(12-15-9-11-24-14-15)13-16-6-4-5-10-20-16/h2-11,14H,12-13H2,1H3. The normalized spacial score (nSPS) is 10.5. The number of amides is 1. The molecule has 0 saturated heterocycles. The molecule has 24 heavy (non-hydrogen) atoms. The van der Waals surface area contributed by atoms with Crippen molar-refractivity contribution in [1.29, 1.82) is 0 Å². The van der Waals surface area contributed by atoms with Gasteiger partial charge in [0.1, 0.15) is 0 Å². The molecule has 1 aromatic carbocycles. The lowest BCUT2D eigenvalue weighted by Gasteiger charge is -2.23. The van der Waals surface area contributed by atoms with Gasteiger partial charge in [-0.1, -0.05) is 18.2 Å². The number of hydrogen-bond acceptors (Lipinski definition) is 4. The number of pyridine rings is 1. The van der Waals surface area contributed by atoms with Crippen molar-refractivity contribution in [1.82, 2.24) is 9.88 Å². The van der Waals surface area contributed by atoms with Crippen LogP contribution in [0.4, 0.5) is 0 Å². The van der Waals surface area contributed by atoms with Crippen molar-refractivity contribution in [2.45, 2.75) is 18.0 Å². The maximum Gasteiger partial charge on any atom is 0.255 e. The number of thiophene rings is 1. The van der Waals surface area contributed by atoms with Crippen LogP contribution < -0.4 is 0 Å². The van der Waals surface area contributed by atoms with E-state index in [-0.39, 0.29) is 5.91 Å². The lowest BCUT2D eigenvalue weighted by atomic mass is 10.1. The fourth-order valence-electron chi connectivity index (χ4n) is 2.48. The van der Waals surface area contributed by atoms with E-state index in [1.54, 1.807) is 29.3 Å². The van der Waals surface area contributed by atoms with Gasteiger partial charge in [-0.15, -0.1) is 11.8 Å². The number of thioether (sulfide) groups is 1. The van der Waals surface area contributed by atoms with Crippen LogP contribution in [0.1, 0.15) is 21.6 Å². The molecule has 2 heterocycles. The molecule has 0 atom stereocenters. The van der Waals surface area contributed by atoms with E-state index in [2.05, 4.69) is 16.4 Å². The summed E-state index contributed by atoms with van der Waals surface area (Å²) in [6.45, 7) is 1.08. The molecule has 0 bridgehead atoms. The number of hydrogen-bond donors (Lipinski definition) is 0. The zero-order valence-electron chi connectivity index (χ0n) is 13.4. The van der Waals surface area contributed by atoms with Gasteiger partial charge in [0.15, 0.2) is 0 Å². The molecule has 2 aromatic heterocycles. The van der Waals surface area contributed by atoms with Gasteiger partial charge in [-0.2, -0.15) is 11.3 Å². The number of nitrogens with zero attached hydrogens (tertiary/aromatic N) is 2. The minimum absolute atomic E-state index is 0.0387. The first-order valence-electron chi connectivity index (χ1n) is 7.61. The Balaban J connectivity index is 1.89. The molecule has 3 rings (SSSR count). The van der Waals surface area contributed by atoms with Crippen molar-refractivity contribution in [3.63, 3.8) is 0 Å². The maximum atomic E-state index is 13.1. The lowest BCUT2D eigenvalue weighted by Crippen LogP contribution is -2.30. The third kappa shape index (κ3) is 4.04. The van der Waals surface area contributed by atoms with Crippen LogP contribution in [0.5, 0.6) is 0 Å². The van der Waals surface area contributed by atoms with Crippen molar-refractivity contribution in [2.24, 2.45) is 0 Å². The quantitative estimate of drug-likeness (QED) is 0.601. The Kier molecular flexibility index (Phi) is 5.67. The second kappa shape index (κ2) is 8.13. The van der Waals surface area contributed by atoms with E-state index in [4.69, 9.17) is 0 Å². The second-order valence-electron chi connectivity index (χ2n) is 5.31. The summed E-state index contributed by atoms with van der Waals surface area (Å²) in [6, 6.07) is 15.6. The first kappa shape index (κ1) is 16.7. The summed E-state index contributed by atoms with van der Waals surface area (Å²) in [5.74, 6) is 0.0387. The number of benzene rings is 1. The first-order valence-corrected chi connectivity index (χ1v) is 9.78. The zero-order valence-corrected chi connectivity index (χ0v) is 15.0. The molecular weight excluding hydrogens is 336 g/mol. The zero-order chi connectivity index (χ0) is 16.8. The summed E-state index contributed by atoms with van der Waals surface area (Å²) in [5, 5.41) is 4.12. The van der Waals surface area contributed by atoms with Crippen molar-refractivity contribution < 1.29 is 4.79 Å². The van der Waals surface area contributed by atoms with Crippen molar-refractivity contribution in [3.8, 4) is 0 Å². The number of rotatable bonds is 6. The second-order valence-corrected chi connectivity index (χ2v) is 6.94. The van der Waals surface area contributed by atoms with Gasteiger partial charge in [0.25, 0.3) is 5.91 Å². The number of carbonyl (C=O) groups is 1. The lowest BCUT2D eigenvalue weighted by molar-refractivity contribution is 0.0724. The molecule has 3 aromatic rings. The van der Waals surface area contributed by atoms with Gasteiger partial charge in [-0.05, 0) is 52.9 Å². The third-order valence-electron chi connectivity index (χ3n) is 3.66. The molecule has 5 heteroatoms. The molecule has 0 aliphatic heterocycles. The summed E-state index contributed by atoms with van der Waals surface area (Å²) in [4.78, 5) is 20.4. The molecule has 0 unspecified atom stereocenters. The minimum Gasteiger partial charge on any atom is -0.328 e. The highest BCUT2D eigenvalue weighted by atomic mass is 32.2. The topological polar surface area (TPSA) is 33.2 Å². The van der Waals surface area contributed by atoms with E-state index < -0.39 is 0 Å². The summed E-state index contributed by atoms with van der Waals surface area (Å²) >= 11 is 3.24. The molecular formula is C19H18N2OS2. The highest BCUT2D eigenvalue weighted by Gasteiger charge is 2.19. The Labute approximate surface area is 150 Å². The predicted octanol–water partition coefficient (Wildman–Crippen LogP) is 4.71. The van der Waals surface area contributed by atoms with Crippen LogP contribution >= 0.6 is 23.1 Å². The van der Waals surface area contributed by atoms with Crippen LogP contribution in [0.25, 0.3) is 0 Å². The molecule has 0 saturated carbocycles. The van der Waals surface area contributed by atoms with E-state index in [1.165, 1.54) is 0 Å². The van der Waals surface area contributed by atoms with Crippen molar-refractivity contribution >= 4 is 29.0 Å². The maximum absolute atomic E-state index is 13.1. The Morgan fingerprint density at radius 1 is 1.12 bits per heavy atom. The largest absolute Gasteiger partial charge is 0.328 e. The molecule has 122 valence electrons. The Hall–Kier alpha value is -2.11. The van der Waals surface area contributed by atoms with E-state index >= 15 is 0 Å². The first-order chi connectivity index (χ1) is 11.8. The van der Waals surface area contributed by atoms with Gasteiger partial charge in [0, 0.05) is 17.6 Å². The summed E-state index contributed by atoms with van der Waals surface area (Å²) in [7, 11) is 0. The molecule has 0 fully saturated rings. The van der Waals surface area contributed by atoms with E-state index in [1.807, 2.05) is 59.0 Å². The van der Waals surface area contributed by atoms with Gasteiger partial charge in [0.2, 0.25) is 0 Å². The summed E-state index contributed by atoms with van der Waals surface area (Å²) < 4.78 is 0. The summed E-state index contributed by atoms with van der Waals surface area (Å²) in [5.41, 5.74) is 2.78. The Morgan fingerprint density at radius 3 is 2.67 bits per heavy atom. The van der Waals surface area contributed by atoms with E-state index in [0.29, 0.717) is 13.1 Å². The minimum atomic E-state index is 0.0387. The monoisotopic (exact) mass is 354 g/mol. The molecule has 0 aliphatic rings. The Morgan fingerprint density at radius 2 is 1.96 bits per heavy atom. The van der Waals surface area contributed by atoms with Crippen LogP contribution in [-0.2, 0) is 13.1 Å². The average molecular weight is 355 g/mol. The fraction of sp³-hybridized carbons (Fsp3) is 0.158. The van der Waals surface area contributed by atoms with Crippen LogP contribution in [0.3, 0.4) is 0 Å². The van der Waals surface area contributed by atoms with Gasteiger partial charge in [0.05, 0.1) is 17.8 Å². The van der Waals surface area contributed by atoms with E-state index in [9.17, 15) is 4.79 Å². The number of aromatic nitrogens is 1. The smallest absolute Gasteiger partial charge is 0.255 e. The van der Waals surface area contributed by atoms with Gasteiger partial charge >= 0.3 is 0 Å². The molecule has 1 amide bonds. The molecule has 0 aliphatic carbocycles. The van der Waals surface area contributed by atoms with Gasteiger partial charge in [-0.25, -0.2) is 0 Å². The van der Waals surface area contributed by atoms with Crippen LogP contribution in [0, 0.1) is 0 Å². The van der Waals surface area contributed by atoms with Gasteiger partial charge in [-0.3, -0.25) is 9.78 Å². The Bertz CT molecular complexity index is 788. The fourth-order valence-corrected chi connectivity index (χ4v) is 3.73. The number of carbonyl (C=O) groups excluding carboxylic acids is 1. The molecule has 0 N–H and O–H groups in total. The van der Waals surface area contributed by atoms with Crippen molar-refractivity contribution in [2.75, 3.05) is 6.26 Å². The highest BCUT2D eigenvalue weighted by molar-refractivity contribution is 7.98. The van der Waals surface area contributed by atoms with Gasteiger partial charge < -0.3 is 4.90 Å². The predicted molar refractivity (Wildman–Crippen MR) is 100 cm³/mol. The SMILES string of the molecule is CSc1ccccc1C(=O)N(Cc1ccsc1)Cc1ccccn1. The third-order valence-corrected chi connectivity index (χ3v) is 5.19. The molecule has 3 nitrogen and oxygen atoms in total. The van der Waals surface area contributed by atoms with Crippen molar-refractivity contribution in [3.05, 3.63) is 82.3 Å².